The molecule has 0 aliphatic carbocycles. The van der Waals surface area contributed by atoms with E-state index >= 15 is 0 Å². The molecular formula is C15H15F3N2O5S2. The summed E-state index contributed by atoms with van der Waals surface area (Å²) in [6.45, 7) is -0.0891. The summed E-state index contributed by atoms with van der Waals surface area (Å²) < 4.78 is 56.2. The van der Waals surface area contributed by atoms with Crippen LogP contribution in [0.3, 0.4) is 0 Å². The van der Waals surface area contributed by atoms with Gasteiger partial charge in [0, 0.05) is 12.6 Å². The van der Waals surface area contributed by atoms with Gasteiger partial charge in [-0.2, -0.15) is 13.2 Å². The number of terminal acetylenes is 1. The SMILES string of the molecule is C#CCO[C@H]1C[C@H](n2cc(C(F)(F)F)c(=O)[nH]c2=O)O[C@@H]1COC(=S)SC. The van der Waals surface area contributed by atoms with Crippen LogP contribution in [0.4, 0.5) is 13.2 Å². The molecule has 3 atom stereocenters. The highest BCUT2D eigenvalue weighted by atomic mass is 32.2. The third-order valence-corrected chi connectivity index (χ3v) is 4.75. The maximum atomic E-state index is 13.0. The molecule has 0 amide bonds. The topological polar surface area (TPSA) is 82.6 Å². The van der Waals surface area contributed by atoms with Crippen molar-refractivity contribution in [3.05, 3.63) is 32.6 Å². The molecule has 1 N–H and O–H groups in total. The lowest BCUT2D eigenvalue weighted by atomic mass is 10.2. The molecule has 148 valence electrons. The van der Waals surface area contributed by atoms with E-state index in [-0.39, 0.29) is 24.0 Å². The Labute approximate surface area is 161 Å². The van der Waals surface area contributed by atoms with E-state index in [1.807, 2.05) is 0 Å². The zero-order valence-electron chi connectivity index (χ0n) is 13.9. The van der Waals surface area contributed by atoms with Gasteiger partial charge in [-0.25, -0.2) is 4.79 Å². The van der Waals surface area contributed by atoms with Gasteiger partial charge in [0.05, 0.1) is 6.10 Å². The van der Waals surface area contributed by atoms with Crippen LogP contribution in [0.2, 0.25) is 0 Å². The van der Waals surface area contributed by atoms with E-state index in [2.05, 4.69) is 5.92 Å². The number of hydrogen-bond acceptors (Lipinski definition) is 7. The average Bonchev–Trinajstić information content (AvgIpc) is 2.99. The van der Waals surface area contributed by atoms with Gasteiger partial charge in [0.2, 0.25) is 4.38 Å². The Hall–Kier alpha value is -1.81. The first-order valence-corrected chi connectivity index (χ1v) is 9.14. The highest BCUT2D eigenvalue weighted by Gasteiger charge is 2.40. The molecule has 1 fully saturated rings. The summed E-state index contributed by atoms with van der Waals surface area (Å²) in [6, 6.07) is 0. The molecule has 1 aliphatic heterocycles. The molecule has 0 bridgehead atoms. The summed E-state index contributed by atoms with van der Waals surface area (Å²) in [5, 5.41) is 0. The first-order chi connectivity index (χ1) is 12.7. The van der Waals surface area contributed by atoms with Crippen molar-refractivity contribution in [2.75, 3.05) is 19.5 Å². The molecule has 7 nitrogen and oxygen atoms in total. The van der Waals surface area contributed by atoms with Crippen molar-refractivity contribution in [1.82, 2.24) is 9.55 Å². The fraction of sp³-hybridized carbons (Fsp3) is 0.533. The van der Waals surface area contributed by atoms with E-state index in [0.717, 1.165) is 0 Å². The Morgan fingerprint density at radius 3 is 2.85 bits per heavy atom. The van der Waals surface area contributed by atoms with Gasteiger partial charge >= 0.3 is 11.9 Å². The number of aromatic nitrogens is 2. The fourth-order valence-corrected chi connectivity index (χ4v) is 2.72. The Kier molecular flexibility index (Phi) is 7.10. The van der Waals surface area contributed by atoms with Crippen LogP contribution in [0.1, 0.15) is 18.2 Å². The highest BCUT2D eigenvalue weighted by molar-refractivity contribution is 8.22. The smallest absolute Gasteiger partial charge is 0.423 e. The number of hydrogen-bond donors (Lipinski definition) is 1. The molecule has 12 heteroatoms. The van der Waals surface area contributed by atoms with E-state index in [1.165, 1.54) is 11.8 Å². The van der Waals surface area contributed by atoms with Crippen molar-refractivity contribution in [2.24, 2.45) is 0 Å². The van der Waals surface area contributed by atoms with Gasteiger partial charge in [-0.1, -0.05) is 17.7 Å². The number of halogens is 3. The molecule has 1 saturated heterocycles. The second-order valence-electron chi connectivity index (χ2n) is 5.39. The van der Waals surface area contributed by atoms with Crippen molar-refractivity contribution in [1.29, 1.82) is 0 Å². The van der Waals surface area contributed by atoms with E-state index in [9.17, 15) is 22.8 Å². The number of thiocarbonyl (C=S) groups is 1. The molecule has 1 aliphatic rings. The minimum absolute atomic E-state index is 0.0321. The molecule has 2 rings (SSSR count). The minimum Gasteiger partial charge on any atom is -0.476 e. The van der Waals surface area contributed by atoms with Crippen LogP contribution in [0.25, 0.3) is 0 Å². The Bertz CT molecular complexity index is 846. The lowest BCUT2D eigenvalue weighted by Crippen LogP contribution is -2.36. The maximum Gasteiger partial charge on any atom is 0.423 e. The van der Waals surface area contributed by atoms with Crippen LogP contribution < -0.4 is 11.2 Å². The molecule has 0 spiro atoms. The van der Waals surface area contributed by atoms with Gasteiger partial charge in [-0.15, -0.1) is 6.42 Å². The van der Waals surface area contributed by atoms with Crippen LogP contribution >= 0.6 is 24.0 Å². The van der Waals surface area contributed by atoms with Gasteiger partial charge in [0.25, 0.3) is 5.56 Å². The van der Waals surface area contributed by atoms with Crippen molar-refractivity contribution in [2.45, 2.75) is 31.0 Å². The lowest BCUT2D eigenvalue weighted by Gasteiger charge is -2.18. The van der Waals surface area contributed by atoms with Crippen LogP contribution in [-0.4, -0.2) is 45.6 Å². The van der Waals surface area contributed by atoms with Crippen molar-refractivity contribution in [3.63, 3.8) is 0 Å². The Morgan fingerprint density at radius 2 is 2.26 bits per heavy atom. The average molecular weight is 424 g/mol. The number of H-pyrrole nitrogens is 1. The highest BCUT2D eigenvalue weighted by Crippen LogP contribution is 2.32. The fourth-order valence-electron chi connectivity index (χ4n) is 2.46. The number of thioether (sulfide) groups is 1. The number of rotatable bonds is 5. The number of ether oxygens (including phenoxy) is 3. The summed E-state index contributed by atoms with van der Waals surface area (Å²) in [4.78, 5) is 25.0. The maximum absolute atomic E-state index is 13.0. The van der Waals surface area contributed by atoms with Crippen LogP contribution in [0, 0.1) is 12.3 Å². The summed E-state index contributed by atoms with van der Waals surface area (Å²) >= 11 is 6.12. The Balaban J connectivity index is 2.28. The molecule has 0 unspecified atom stereocenters. The number of nitrogens with one attached hydrogen (secondary N) is 1. The van der Waals surface area contributed by atoms with E-state index in [1.54, 1.807) is 11.2 Å². The molecule has 1 aromatic heterocycles. The van der Waals surface area contributed by atoms with Gasteiger partial charge in [-0.05, 0) is 18.5 Å². The molecule has 0 saturated carbocycles. The van der Waals surface area contributed by atoms with Crippen molar-refractivity contribution in [3.8, 4) is 12.3 Å². The van der Waals surface area contributed by atoms with E-state index in [0.29, 0.717) is 10.8 Å². The molecular weight excluding hydrogens is 409 g/mol. The lowest BCUT2D eigenvalue weighted by molar-refractivity contribution is -0.139. The van der Waals surface area contributed by atoms with Gasteiger partial charge in [0.15, 0.2) is 0 Å². The summed E-state index contributed by atoms with van der Waals surface area (Å²) in [6.07, 6.45) is -0.0449. The largest absolute Gasteiger partial charge is 0.476 e. The second-order valence-corrected chi connectivity index (χ2v) is 6.80. The normalized spacial score (nSPS) is 22.4. The number of aromatic amines is 1. The molecule has 1 aromatic rings. The first kappa shape index (κ1) is 21.5. The summed E-state index contributed by atoms with van der Waals surface area (Å²) in [7, 11) is 0. The second kappa shape index (κ2) is 8.92. The van der Waals surface area contributed by atoms with Gasteiger partial charge in [-0.3, -0.25) is 14.3 Å². The monoisotopic (exact) mass is 424 g/mol. The van der Waals surface area contributed by atoms with Gasteiger partial charge in [0.1, 0.15) is 31.1 Å². The number of alkyl halides is 3. The zero-order valence-corrected chi connectivity index (χ0v) is 15.6. The zero-order chi connectivity index (χ0) is 20.2. The first-order valence-electron chi connectivity index (χ1n) is 7.51. The third kappa shape index (κ3) is 5.35. The molecule has 0 radical (unpaired) electrons. The van der Waals surface area contributed by atoms with E-state index < -0.39 is 41.4 Å². The predicted octanol–water partition coefficient (Wildman–Crippen LogP) is 1.53. The van der Waals surface area contributed by atoms with Crippen LogP contribution in [0.5, 0.6) is 0 Å². The molecule has 0 aromatic carbocycles. The van der Waals surface area contributed by atoms with Gasteiger partial charge < -0.3 is 14.2 Å². The summed E-state index contributed by atoms with van der Waals surface area (Å²) in [5.41, 5.74) is -4.06. The standard InChI is InChI=1S/C15H15F3N2O5S2/c1-3-4-23-9-5-11(25-10(9)7-24-14(26)27-2)20-6-8(15(16,17)18)12(21)19-13(20)22/h1,6,9-11H,4-5,7H2,2H3,(H,19,21,22)/t9-,10+,11+/m0/s1. The minimum atomic E-state index is -4.92. The summed E-state index contributed by atoms with van der Waals surface area (Å²) in [5.74, 6) is 2.28. The number of nitrogens with zero attached hydrogens (tertiary/aromatic N) is 1. The quantitative estimate of drug-likeness (QED) is 0.567. The Morgan fingerprint density at radius 1 is 1.56 bits per heavy atom. The van der Waals surface area contributed by atoms with Crippen molar-refractivity contribution < 1.29 is 27.4 Å². The third-order valence-electron chi connectivity index (χ3n) is 3.68. The van der Waals surface area contributed by atoms with Crippen LogP contribution in [0.15, 0.2) is 15.8 Å². The van der Waals surface area contributed by atoms with E-state index in [4.69, 9.17) is 32.9 Å². The van der Waals surface area contributed by atoms with Crippen LogP contribution in [-0.2, 0) is 20.4 Å². The molecule has 2 heterocycles. The predicted molar refractivity (Wildman–Crippen MR) is 95.5 cm³/mol. The van der Waals surface area contributed by atoms with Crippen molar-refractivity contribution >= 4 is 28.4 Å². The molecule has 27 heavy (non-hydrogen) atoms.